The molecule has 0 saturated heterocycles. The highest BCUT2D eigenvalue weighted by Gasteiger charge is 2.46. The lowest BCUT2D eigenvalue weighted by atomic mass is 9.76. The van der Waals surface area contributed by atoms with Crippen LogP contribution in [0.2, 0.25) is 0 Å². The minimum atomic E-state index is -3.28. The lowest BCUT2D eigenvalue weighted by Crippen LogP contribution is -2.33. The summed E-state index contributed by atoms with van der Waals surface area (Å²) in [6.07, 6.45) is 4.83. The molecule has 2 unspecified atom stereocenters. The maximum atomic E-state index is 12.1. The molecule has 1 fully saturated rings. The standard InChI is InChI=1S/C22H32O6S.C3H8O/c1-17(15-24)13-18-5-3-6-19(14-18)21(2,20(25)26)7-4-8-22(9-10-22)16-29(27,28)12-11-23;1-3-4-2/h3,5-6,14-15,17,23H,4,7-13,16H2,1-2H3,(H,25,26);3H2,1-2H3. The van der Waals surface area contributed by atoms with Crippen LogP contribution >= 0.6 is 0 Å². The van der Waals surface area contributed by atoms with Crippen LogP contribution in [0.5, 0.6) is 0 Å². The number of methoxy groups -OCH3 is 1. The summed E-state index contributed by atoms with van der Waals surface area (Å²) >= 11 is 0. The van der Waals surface area contributed by atoms with Gasteiger partial charge in [-0.3, -0.25) is 4.79 Å². The average Bonchev–Trinajstić information content (AvgIpc) is 3.51. The smallest absolute Gasteiger partial charge is 0.313 e. The zero-order valence-electron chi connectivity index (χ0n) is 20.4. The minimum Gasteiger partial charge on any atom is -0.481 e. The molecule has 1 saturated carbocycles. The first-order chi connectivity index (χ1) is 15.5. The summed E-state index contributed by atoms with van der Waals surface area (Å²) < 4.78 is 28.6. The predicted octanol–water partition coefficient (Wildman–Crippen LogP) is 3.42. The molecule has 2 N–H and O–H groups in total. The number of hydrogen-bond acceptors (Lipinski definition) is 6. The van der Waals surface area contributed by atoms with Crippen molar-refractivity contribution in [2.45, 2.75) is 64.7 Å². The maximum Gasteiger partial charge on any atom is 0.313 e. The molecule has 33 heavy (non-hydrogen) atoms. The molecule has 2 atom stereocenters. The summed E-state index contributed by atoms with van der Waals surface area (Å²) in [7, 11) is -1.60. The third-order valence-electron chi connectivity index (χ3n) is 6.38. The fourth-order valence-electron chi connectivity index (χ4n) is 3.97. The van der Waals surface area contributed by atoms with Crippen molar-refractivity contribution in [1.29, 1.82) is 0 Å². The number of ether oxygens (including phenoxy) is 1. The Morgan fingerprint density at radius 2 is 1.97 bits per heavy atom. The second kappa shape index (κ2) is 13.2. The van der Waals surface area contributed by atoms with Crippen LogP contribution in [-0.4, -0.2) is 62.7 Å². The largest absolute Gasteiger partial charge is 0.481 e. The lowest BCUT2D eigenvalue weighted by molar-refractivity contribution is -0.143. The van der Waals surface area contributed by atoms with Gasteiger partial charge >= 0.3 is 5.97 Å². The van der Waals surface area contributed by atoms with Crippen molar-refractivity contribution in [2.24, 2.45) is 11.3 Å². The van der Waals surface area contributed by atoms with Crippen LogP contribution in [0, 0.1) is 11.3 Å². The predicted molar refractivity (Wildman–Crippen MR) is 129 cm³/mol. The van der Waals surface area contributed by atoms with E-state index in [2.05, 4.69) is 4.74 Å². The van der Waals surface area contributed by atoms with E-state index in [0.29, 0.717) is 31.2 Å². The normalized spacial score (nSPS) is 17.2. The molecule has 0 bridgehead atoms. The molecule has 0 radical (unpaired) electrons. The molecule has 0 aromatic heterocycles. The van der Waals surface area contributed by atoms with Crippen molar-refractivity contribution in [3.8, 4) is 0 Å². The summed E-state index contributed by atoms with van der Waals surface area (Å²) in [4.78, 5) is 23.0. The van der Waals surface area contributed by atoms with Crippen LogP contribution in [0.3, 0.4) is 0 Å². The number of carboxylic acid groups (broad SMARTS) is 1. The van der Waals surface area contributed by atoms with E-state index in [-0.39, 0.29) is 29.4 Å². The summed E-state index contributed by atoms with van der Waals surface area (Å²) in [6, 6.07) is 7.40. The van der Waals surface area contributed by atoms with E-state index < -0.39 is 21.2 Å². The molecule has 1 aliphatic rings. The Kier molecular flexibility index (Phi) is 11.7. The first-order valence-corrected chi connectivity index (χ1v) is 13.4. The van der Waals surface area contributed by atoms with Gasteiger partial charge in [-0.1, -0.05) is 37.6 Å². The highest BCUT2D eigenvalue weighted by molar-refractivity contribution is 7.91. The molecule has 7 nitrogen and oxygen atoms in total. The SMILES string of the molecule is CC(C=O)Cc1cccc(C(C)(CCCC2(CS(=O)(=O)CCO)CC2)C(=O)O)c1.CCOC. The summed E-state index contributed by atoms with van der Waals surface area (Å²) in [5.74, 6) is -1.18. The fourth-order valence-corrected chi connectivity index (χ4v) is 5.76. The van der Waals surface area contributed by atoms with Gasteiger partial charge in [-0.25, -0.2) is 8.42 Å². The number of rotatable bonds is 14. The summed E-state index contributed by atoms with van der Waals surface area (Å²) in [5.41, 5.74) is 0.316. The number of carbonyl (C=O) groups excluding carboxylic acids is 1. The Hall–Kier alpha value is -1.77. The molecule has 1 aliphatic carbocycles. The van der Waals surface area contributed by atoms with Crippen LogP contribution in [0.25, 0.3) is 0 Å². The van der Waals surface area contributed by atoms with E-state index in [1.807, 2.05) is 38.1 Å². The lowest BCUT2D eigenvalue weighted by Gasteiger charge is -2.27. The summed E-state index contributed by atoms with van der Waals surface area (Å²) in [6.45, 7) is 5.95. The zero-order chi connectivity index (χ0) is 25.1. The number of aliphatic hydroxyl groups excluding tert-OH is 1. The van der Waals surface area contributed by atoms with Gasteiger partial charge in [0.25, 0.3) is 0 Å². The van der Waals surface area contributed by atoms with Crippen molar-refractivity contribution < 1.29 is 33.0 Å². The molecule has 0 amide bonds. The van der Waals surface area contributed by atoms with Gasteiger partial charge in [-0.2, -0.15) is 0 Å². The fraction of sp³-hybridized carbons (Fsp3) is 0.680. The van der Waals surface area contributed by atoms with Gasteiger partial charge in [0, 0.05) is 19.6 Å². The van der Waals surface area contributed by atoms with Crippen molar-refractivity contribution >= 4 is 22.1 Å². The number of benzene rings is 1. The molecule has 0 spiro atoms. The van der Waals surface area contributed by atoms with Gasteiger partial charge in [-0.15, -0.1) is 0 Å². The first-order valence-electron chi connectivity index (χ1n) is 11.6. The van der Waals surface area contributed by atoms with Crippen molar-refractivity contribution in [1.82, 2.24) is 0 Å². The summed E-state index contributed by atoms with van der Waals surface area (Å²) in [5, 5.41) is 18.8. The van der Waals surface area contributed by atoms with Gasteiger partial charge < -0.3 is 19.7 Å². The first kappa shape index (κ1) is 29.3. The molecule has 0 heterocycles. The van der Waals surface area contributed by atoms with Crippen molar-refractivity contribution in [3.05, 3.63) is 35.4 Å². The average molecular weight is 485 g/mol. The van der Waals surface area contributed by atoms with Crippen molar-refractivity contribution in [3.63, 3.8) is 0 Å². The number of aliphatic carboxylic acids is 1. The van der Waals surface area contributed by atoms with Crippen LogP contribution in [0.1, 0.15) is 64.0 Å². The molecular formula is C25H40O7S. The van der Waals surface area contributed by atoms with E-state index >= 15 is 0 Å². The molecule has 1 aromatic carbocycles. The number of aliphatic hydroxyl groups is 1. The second-order valence-corrected chi connectivity index (χ2v) is 11.6. The third kappa shape index (κ3) is 9.55. The zero-order valence-corrected chi connectivity index (χ0v) is 21.2. The van der Waals surface area contributed by atoms with Gasteiger partial charge in [0.15, 0.2) is 9.84 Å². The van der Waals surface area contributed by atoms with Crippen LogP contribution in [0.15, 0.2) is 24.3 Å². The van der Waals surface area contributed by atoms with E-state index in [9.17, 15) is 23.1 Å². The van der Waals surface area contributed by atoms with Crippen LogP contribution < -0.4 is 0 Å². The monoisotopic (exact) mass is 484 g/mol. The Morgan fingerprint density at radius 1 is 1.33 bits per heavy atom. The number of hydrogen-bond donors (Lipinski definition) is 2. The highest BCUT2D eigenvalue weighted by Crippen LogP contribution is 2.51. The number of aldehydes is 1. The molecular weight excluding hydrogens is 444 g/mol. The van der Waals surface area contributed by atoms with E-state index in [0.717, 1.165) is 31.3 Å². The highest BCUT2D eigenvalue weighted by atomic mass is 32.2. The van der Waals surface area contributed by atoms with E-state index in [1.54, 1.807) is 14.0 Å². The quantitative estimate of drug-likeness (QED) is 0.389. The number of carbonyl (C=O) groups is 2. The Bertz CT molecular complexity index is 859. The van der Waals surface area contributed by atoms with Gasteiger partial charge in [0.1, 0.15) is 6.29 Å². The molecule has 8 heteroatoms. The third-order valence-corrected chi connectivity index (χ3v) is 8.24. The maximum absolute atomic E-state index is 12.1. The Labute approximate surface area is 198 Å². The topological polar surface area (TPSA) is 118 Å². The van der Waals surface area contributed by atoms with Gasteiger partial charge in [-0.05, 0) is 62.5 Å². The van der Waals surface area contributed by atoms with E-state index in [4.69, 9.17) is 5.11 Å². The second-order valence-electron chi connectivity index (χ2n) is 9.40. The Balaban J connectivity index is 0.00000125. The molecule has 0 aliphatic heterocycles. The van der Waals surface area contributed by atoms with E-state index in [1.165, 1.54) is 0 Å². The van der Waals surface area contributed by atoms with Gasteiger partial charge in [0.05, 0.1) is 23.5 Å². The number of sulfone groups is 1. The number of carboxylic acids is 1. The Morgan fingerprint density at radius 3 is 2.45 bits per heavy atom. The van der Waals surface area contributed by atoms with Gasteiger partial charge in [0.2, 0.25) is 0 Å². The van der Waals surface area contributed by atoms with Crippen LogP contribution in [-0.2, 0) is 36.0 Å². The molecule has 1 aromatic rings. The van der Waals surface area contributed by atoms with Crippen molar-refractivity contribution in [2.75, 3.05) is 31.8 Å². The molecule has 2 rings (SSSR count). The molecule has 188 valence electrons. The minimum absolute atomic E-state index is 0.0728. The van der Waals surface area contributed by atoms with Crippen LogP contribution in [0.4, 0.5) is 0 Å².